The summed E-state index contributed by atoms with van der Waals surface area (Å²) in [5.41, 5.74) is 1.46. The van der Waals surface area contributed by atoms with Crippen molar-refractivity contribution in [3.05, 3.63) is 91.9 Å². The van der Waals surface area contributed by atoms with Crippen molar-refractivity contribution in [1.29, 1.82) is 0 Å². The number of thiophene rings is 1. The second kappa shape index (κ2) is 12.2. The van der Waals surface area contributed by atoms with Crippen LogP contribution in [0.4, 0.5) is 10.1 Å². The van der Waals surface area contributed by atoms with Crippen molar-refractivity contribution in [2.24, 2.45) is 0 Å². The monoisotopic (exact) mass is 535 g/mol. The maximum absolute atomic E-state index is 13.5. The van der Waals surface area contributed by atoms with Gasteiger partial charge in [0.2, 0.25) is 15.9 Å². The van der Waals surface area contributed by atoms with Gasteiger partial charge in [-0.25, -0.2) is 12.8 Å². The van der Waals surface area contributed by atoms with Crippen LogP contribution < -0.4 is 0 Å². The van der Waals surface area contributed by atoms with E-state index >= 15 is 0 Å². The third-order valence-electron chi connectivity index (χ3n) is 5.48. The second-order valence-corrected chi connectivity index (χ2v) is 10.9. The molecule has 1 amide bonds. The number of methoxy groups -OCH3 is 1. The van der Waals surface area contributed by atoms with E-state index in [2.05, 4.69) is 0 Å². The lowest BCUT2D eigenvalue weighted by Crippen LogP contribution is -2.43. The molecule has 1 heterocycles. The summed E-state index contributed by atoms with van der Waals surface area (Å²) in [4.78, 5) is 26.1. The fraction of sp³-hybridized carbons (Fsp3) is 0.292. The molecule has 0 N–H and O–H groups in total. The molecular weight excluding hydrogens is 509 g/mol. The van der Waals surface area contributed by atoms with Gasteiger partial charge in [0.1, 0.15) is 5.82 Å². The van der Waals surface area contributed by atoms with Crippen LogP contribution in [0.3, 0.4) is 0 Å². The Bertz CT molecular complexity index is 1290. The lowest BCUT2D eigenvalue weighted by Gasteiger charge is -2.27. The van der Waals surface area contributed by atoms with E-state index in [1.165, 1.54) is 35.5 Å². The number of nitrogens with zero attached hydrogens (tertiary/aromatic N) is 3. The molecule has 0 aliphatic carbocycles. The Morgan fingerprint density at radius 1 is 1.08 bits per heavy atom. The van der Waals surface area contributed by atoms with Gasteiger partial charge in [0.25, 0.3) is 5.69 Å². The predicted octanol–water partition coefficient (Wildman–Crippen LogP) is 3.97. The van der Waals surface area contributed by atoms with Crippen LogP contribution >= 0.6 is 11.3 Å². The maximum atomic E-state index is 13.5. The molecule has 12 heteroatoms. The molecule has 192 valence electrons. The summed E-state index contributed by atoms with van der Waals surface area (Å²) in [6, 6.07) is 12.2. The molecule has 2 aromatic carbocycles. The van der Waals surface area contributed by atoms with Crippen LogP contribution in [0.25, 0.3) is 0 Å². The zero-order valence-electron chi connectivity index (χ0n) is 19.8. The zero-order valence-corrected chi connectivity index (χ0v) is 21.4. The van der Waals surface area contributed by atoms with Crippen molar-refractivity contribution in [1.82, 2.24) is 9.21 Å². The zero-order chi connectivity index (χ0) is 26.3. The van der Waals surface area contributed by atoms with Gasteiger partial charge >= 0.3 is 0 Å². The smallest absolute Gasteiger partial charge is 0.269 e. The van der Waals surface area contributed by atoms with E-state index in [4.69, 9.17) is 4.74 Å². The lowest BCUT2D eigenvalue weighted by molar-refractivity contribution is -0.384. The van der Waals surface area contributed by atoms with E-state index in [0.29, 0.717) is 5.56 Å². The van der Waals surface area contributed by atoms with Crippen LogP contribution in [0, 0.1) is 22.9 Å². The molecule has 0 bridgehead atoms. The number of rotatable bonds is 12. The number of amides is 1. The average Bonchev–Trinajstić information content (AvgIpc) is 3.26. The fourth-order valence-corrected chi connectivity index (χ4v) is 5.69. The van der Waals surface area contributed by atoms with Crippen molar-refractivity contribution in [2.75, 3.05) is 26.8 Å². The largest absolute Gasteiger partial charge is 0.383 e. The first-order chi connectivity index (χ1) is 17.1. The number of benzene rings is 2. The number of aryl methyl sites for hydroxylation is 1. The van der Waals surface area contributed by atoms with Gasteiger partial charge in [0.15, 0.2) is 0 Å². The summed E-state index contributed by atoms with van der Waals surface area (Å²) in [7, 11) is -2.74. The van der Waals surface area contributed by atoms with Crippen molar-refractivity contribution in [2.45, 2.75) is 24.9 Å². The first-order valence-corrected chi connectivity index (χ1v) is 13.2. The molecule has 0 fully saturated rings. The third kappa shape index (κ3) is 6.94. The van der Waals surface area contributed by atoms with Crippen LogP contribution in [-0.4, -0.2) is 55.3 Å². The van der Waals surface area contributed by atoms with Crippen molar-refractivity contribution < 1.29 is 27.3 Å². The van der Waals surface area contributed by atoms with Crippen LogP contribution in [0.2, 0.25) is 0 Å². The van der Waals surface area contributed by atoms with E-state index in [-0.39, 0.29) is 36.8 Å². The maximum Gasteiger partial charge on any atom is 0.269 e. The molecule has 0 spiro atoms. The molecule has 1 aromatic heterocycles. The number of non-ortho nitro benzene ring substituents is 1. The van der Waals surface area contributed by atoms with Gasteiger partial charge in [-0.1, -0.05) is 12.1 Å². The third-order valence-corrected chi connectivity index (χ3v) is 8.35. The highest BCUT2D eigenvalue weighted by Crippen LogP contribution is 2.22. The molecule has 0 unspecified atom stereocenters. The van der Waals surface area contributed by atoms with Crippen LogP contribution in [0.15, 0.2) is 64.9 Å². The SMILES string of the molecule is COCCN(CC(=O)N(Cc1ccc(F)cc1)Cc1sccc1C)S(=O)(=O)c1ccc([N+](=O)[O-])cc1. The Balaban J connectivity index is 1.88. The van der Waals surface area contributed by atoms with E-state index in [9.17, 15) is 27.7 Å². The van der Waals surface area contributed by atoms with Crippen LogP contribution in [-0.2, 0) is 32.6 Å². The van der Waals surface area contributed by atoms with E-state index < -0.39 is 33.2 Å². The Labute approximate surface area is 212 Å². The molecule has 0 saturated heterocycles. The lowest BCUT2D eigenvalue weighted by atomic mass is 10.2. The number of halogens is 1. The average molecular weight is 536 g/mol. The normalized spacial score (nSPS) is 11.6. The number of nitro groups is 1. The summed E-state index contributed by atoms with van der Waals surface area (Å²) in [6.45, 7) is 1.83. The number of hydrogen-bond donors (Lipinski definition) is 0. The molecule has 0 aliphatic heterocycles. The van der Waals surface area contributed by atoms with Gasteiger partial charge in [-0.05, 0) is 53.8 Å². The van der Waals surface area contributed by atoms with Crippen molar-refractivity contribution in [3.63, 3.8) is 0 Å². The van der Waals surface area contributed by atoms with Crippen molar-refractivity contribution in [3.8, 4) is 0 Å². The number of carbonyl (C=O) groups excluding carboxylic acids is 1. The number of sulfonamides is 1. The van der Waals surface area contributed by atoms with Gasteiger partial charge < -0.3 is 9.64 Å². The molecule has 0 radical (unpaired) electrons. The molecule has 3 rings (SSSR count). The van der Waals surface area contributed by atoms with Gasteiger partial charge in [0, 0.05) is 37.2 Å². The Morgan fingerprint density at radius 3 is 2.31 bits per heavy atom. The molecule has 0 aliphatic rings. The molecular formula is C24H26FN3O6S2. The summed E-state index contributed by atoms with van der Waals surface area (Å²) < 4.78 is 46.1. The topological polar surface area (TPSA) is 110 Å². The first-order valence-electron chi connectivity index (χ1n) is 10.9. The highest BCUT2D eigenvalue weighted by atomic mass is 32.2. The minimum Gasteiger partial charge on any atom is -0.383 e. The molecule has 0 saturated carbocycles. The first kappa shape index (κ1) is 27.4. The van der Waals surface area contributed by atoms with Gasteiger partial charge in [-0.2, -0.15) is 4.31 Å². The molecule has 9 nitrogen and oxygen atoms in total. The summed E-state index contributed by atoms with van der Waals surface area (Å²) in [5.74, 6) is -0.848. The standard InChI is InChI=1S/C24H26FN3O6S2/c1-18-11-14-35-23(18)16-26(15-19-3-5-20(25)6-4-19)24(29)17-27(12-13-34-2)36(32,33)22-9-7-21(8-10-22)28(30)31/h3-11,14H,12-13,15-17H2,1-2H3. The van der Waals surface area contributed by atoms with E-state index in [1.807, 2.05) is 18.4 Å². The Kier molecular flexibility index (Phi) is 9.26. The quantitative estimate of drug-likeness (QED) is 0.256. The number of carbonyl (C=O) groups is 1. The Morgan fingerprint density at radius 2 is 1.75 bits per heavy atom. The van der Waals surface area contributed by atoms with Crippen LogP contribution in [0.1, 0.15) is 16.0 Å². The number of ether oxygens (including phenoxy) is 1. The highest BCUT2D eigenvalue weighted by molar-refractivity contribution is 7.89. The molecule has 3 aromatic rings. The van der Waals surface area contributed by atoms with Crippen LogP contribution in [0.5, 0.6) is 0 Å². The summed E-state index contributed by atoms with van der Waals surface area (Å²) in [5, 5.41) is 12.9. The Hall–Kier alpha value is -3.19. The number of nitro benzene ring substituents is 1. The van der Waals surface area contributed by atoms with Crippen molar-refractivity contribution >= 4 is 33.0 Å². The van der Waals surface area contributed by atoms with Gasteiger partial charge in [-0.15, -0.1) is 11.3 Å². The minimum absolute atomic E-state index is 0.0431. The highest BCUT2D eigenvalue weighted by Gasteiger charge is 2.29. The van der Waals surface area contributed by atoms with E-state index in [1.54, 1.807) is 12.1 Å². The molecule has 36 heavy (non-hydrogen) atoms. The van der Waals surface area contributed by atoms with E-state index in [0.717, 1.165) is 39.0 Å². The number of hydrogen-bond acceptors (Lipinski definition) is 7. The summed E-state index contributed by atoms with van der Waals surface area (Å²) in [6.07, 6.45) is 0. The second-order valence-electron chi connectivity index (χ2n) is 7.99. The fourth-order valence-electron chi connectivity index (χ4n) is 3.40. The van der Waals surface area contributed by atoms with Gasteiger partial charge in [0.05, 0.1) is 29.5 Å². The predicted molar refractivity (Wildman–Crippen MR) is 133 cm³/mol. The summed E-state index contributed by atoms with van der Waals surface area (Å²) >= 11 is 1.49. The minimum atomic E-state index is -4.16. The molecule has 0 atom stereocenters. The van der Waals surface area contributed by atoms with Gasteiger partial charge in [-0.3, -0.25) is 14.9 Å².